The fraction of sp³-hybridized carbons (Fsp3) is 0.640. The van der Waals surface area contributed by atoms with Gasteiger partial charge in [0.2, 0.25) is 41.4 Å². The van der Waals surface area contributed by atoms with E-state index in [1.807, 2.05) is 61.5 Å². The molecule has 0 aromatic carbocycles. The number of nitrogens with one attached hydrogen (secondary N) is 2. The molecule has 15 N–H and O–H groups in total. The molecule has 7 amide bonds. The number of carbonyl (C=O) groups excluding carboxylic acids is 7. The molecule has 1 radical (unpaired) electrons. The van der Waals surface area contributed by atoms with Gasteiger partial charge in [-0.15, -0.1) is 0 Å². The second-order valence-corrected chi connectivity index (χ2v) is 21.2. The molecule has 10 unspecified atom stereocenters. The average Bonchev–Trinajstić information content (AvgIpc) is 3.88. The molecule has 10 atom stereocenters. The Hall–Kier alpha value is -6.23. The van der Waals surface area contributed by atoms with Crippen LogP contribution in [0.4, 0.5) is 0 Å². The standard InChI is InChI=1S/C48H73N11O8.2CHN.Co/c1-23(60)22-55-38(67)16-17-45(6)29(18-35(52)64)43-48(9)47(8,21-37(54)66)28(12-15-34(51)63)40(59-48)25(3)42-46(7,20-36(53)65)26(10-13-32(49)61)30(56-42)19-31-44(4,5)27(11-14-33(50)62)39(57-31)24(2)41(45)58-43;2*1-2;/h19,23,26-29,43,56,60H,10-18,20-22H2,1-9H3,(H2,49,61)(H2,50,62)(H2,51,63)(H2,52,64)(H2,53,65)(H2,54,66)(H,55,67);2*1H;. The van der Waals surface area contributed by atoms with Gasteiger partial charge in [-0.05, 0) is 70.6 Å². The molecule has 1 saturated heterocycles. The van der Waals surface area contributed by atoms with Gasteiger partial charge < -0.3 is 50.1 Å². The molecule has 397 valence electrons. The van der Waals surface area contributed by atoms with E-state index in [9.17, 15) is 38.7 Å². The summed E-state index contributed by atoms with van der Waals surface area (Å²) in [4.78, 5) is 108. The van der Waals surface area contributed by atoms with Crippen molar-refractivity contribution in [2.45, 2.75) is 151 Å². The van der Waals surface area contributed by atoms with Crippen LogP contribution in [0.2, 0.25) is 0 Å². The zero-order chi connectivity index (χ0) is 54.4. The van der Waals surface area contributed by atoms with Gasteiger partial charge in [0, 0.05) is 161 Å². The van der Waals surface area contributed by atoms with Gasteiger partial charge in [0.15, 0.2) is 0 Å². The van der Waals surface area contributed by atoms with Crippen molar-refractivity contribution in [3.05, 3.63) is 34.3 Å². The Morgan fingerprint density at radius 1 is 0.736 bits per heavy atom. The number of nitriles is 2. The van der Waals surface area contributed by atoms with Gasteiger partial charge >= 0.3 is 0 Å². The molecule has 5 aliphatic heterocycles. The number of hydrogen-bond acceptors (Lipinski definition) is 14. The number of nitrogens with zero attached hydrogens (tertiary/aromatic N) is 5. The Balaban J connectivity index is 0.00000346. The van der Waals surface area contributed by atoms with Gasteiger partial charge in [0.1, 0.15) is 0 Å². The third-order valence-corrected chi connectivity index (χ3v) is 16.1. The minimum Gasteiger partial charge on any atom is -0.392 e. The van der Waals surface area contributed by atoms with Crippen molar-refractivity contribution >= 4 is 58.5 Å². The molecule has 72 heavy (non-hydrogen) atoms. The summed E-state index contributed by atoms with van der Waals surface area (Å²) in [6.45, 7) is 23.9. The van der Waals surface area contributed by atoms with Crippen molar-refractivity contribution in [3.8, 4) is 13.1 Å². The number of primary amides is 6. The molecule has 0 aromatic heterocycles. The third kappa shape index (κ3) is 12.2. The van der Waals surface area contributed by atoms with Crippen molar-refractivity contribution in [1.29, 1.82) is 10.5 Å². The van der Waals surface area contributed by atoms with Crippen LogP contribution in [0, 0.1) is 69.0 Å². The summed E-state index contributed by atoms with van der Waals surface area (Å²) in [5, 5.41) is 29.4. The summed E-state index contributed by atoms with van der Waals surface area (Å²) < 4.78 is 0. The largest absolute Gasteiger partial charge is 0.392 e. The van der Waals surface area contributed by atoms with Gasteiger partial charge in [-0.25, -0.2) is 10.5 Å². The van der Waals surface area contributed by atoms with Gasteiger partial charge in [-0.1, -0.05) is 34.6 Å². The van der Waals surface area contributed by atoms with E-state index >= 15 is 0 Å². The predicted molar refractivity (Wildman–Crippen MR) is 267 cm³/mol. The van der Waals surface area contributed by atoms with Gasteiger partial charge in [-0.3, -0.25) is 48.5 Å². The van der Waals surface area contributed by atoms with E-state index in [0.717, 1.165) is 0 Å². The molecule has 0 spiro atoms. The zero-order valence-corrected chi connectivity index (χ0v) is 44.1. The van der Waals surface area contributed by atoms with E-state index in [4.69, 9.17) is 59.9 Å². The summed E-state index contributed by atoms with van der Waals surface area (Å²) in [5.74, 6) is -6.25. The van der Waals surface area contributed by atoms with Crippen LogP contribution in [0.3, 0.4) is 0 Å². The Morgan fingerprint density at radius 3 is 1.74 bits per heavy atom. The number of nitrogens with two attached hydrogens (primary N) is 6. The predicted octanol–water partition coefficient (Wildman–Crippen LogP) is 2.01. The summed E-state index contributed by atoms with van der Waals surface area (Å²) in [7, 11) is 0. The minimum atomic E-state index is -1.39. The SMILES string of the molecule is C#N.C#N.CC1=C2N=C(C=C3NC(=C(C)C4=NC(C)(C5N=C1C(C)(CCC(=O)NCC(C)O)C5CC(N)=O)C(C)(CC(N)=O)C4CCC(N)=O)C(C)(CC(N)=O)C3CCC(N)=O)C(C)(C)C2CCC(N)=O.[Co]. The molecular formula is C50H75CoN13O8. The molecular weight excluding hydrogens is 970 g/mol. The van der Waals surface area contributed by atoms with Crippen LogP contribution >= 0.6 is 0 Å². The topological polar surface area (TPSA) is 405 Å². The van der Waals surface area contributed by atoms with Crippen LogP contribution < -0.4 is 45.0 Å². The molecule has 21 nitrogen and oxygen atoms in total. The third-order valence-electron chi connectivity index (χ3n) is 16.1. The molecule has 5 heterocycles. The Bertz CT molecular complexity index is 2410. The molecule has 22 heteroatoms. The van der Waals surface area contributed by atoms with E-state index in [-0.39, 0.29) is 93.4 Å². The minimum absolute atomic E-state index is 0. The Morgan fingerprint density at radius 2 is 1.25 bits per heavy atom. The first-order valence-corrected chi connectivity index (χ1v) is 23.8. The van der Waals surface area contributed by atoms with Crippen LogP contribution in [-0.2, 0) is 50.3 Å². The smallest absolute Gasteiger partial charge is 0.220 e. The number of aliphatic hydroxyl groups is 1. The maximum Gasteiger partial charge on any atom is 0.220 e. The second kappa shape index (κ2) is 24.0. The van der Waals surface area contributed by atoms with E-state index < -0.39 is 98.5 Å². The molecule has 1 fully saturated rings. The number of aliphatic hydroxyl groups excluding tert-OH is 1. The van der Waals surface area contributed by atoms with Gasteiger partial charge in [-0.2, -0.15) is 0 Å². The number of aliphatic imine (C=N–C) groups is 3. The zero-order valence-electron chi connectivity index (χ0n) is 43.0. The second-order valence-electron chi connectivity index (χ2n) is 21.2. The number of fused-ring (bicyclic) bond motifs is 6. The molecule has 5 aliphatic rings. The van der Waals surface area contributed by atoms with E-state index in [1.54, 1.807) is 6.92 Å². The first-order chi connectivity index (χ1) is 32.9. The fourth-order valence-electron chi connectivity index (χ4n) is 12.3. The fourth-order valence-corrected chi connectivity index (χ4v) is 12.3. The number of amides is 7. The Kier molecular flexibility index (Phi) is 20.6. The van der Waals surface area contributed by atoms with Crippen molar-refractivity contribution in [2.24, 2.45) is 94.7 Å². The van der Waals surface area contributed by atoms with E-state index in [0.29, 0.717) is 51.8 Å². The summed E-state index contributed by atoms with van der Waals surface area (Å²) in [6, 6.07) is -0.913. The van der Waals surface area contributed by atoms with Crippen LogP contribution in [-0.4, -0.2) is 87.8 Å². The molecule has 0 aromatic rings. The quantitative estimate of drug-likeness (QED) is 0.0849. The van der Waals surface area contributed by atoms with Crippen LogP contribution in [0.5, 0.6) is 0 Å². The number of rotatable bonds is 20. The van der Waals surface area contributed by atoms with Crippen LogP contribution in [0.15, 0.2) is 49.3 Å². The molecule has 5 rings (SSSR count). The normalized spacial score (nSPS) is 30.1. The number of hydrogen-bond donors (Lipinski definition) is 9. The van der Waals surface area contributed by atoms with E-state index in [1.165, 1.54) is 0 Å². The van der Waals surface area contributed by atoms with Crippen molar-refractivity contribution in [2.75, 3.05) is 6.54 Å². The first-order valence-electron chi connectivity index (χ1n) is 23.8. The maximum absolute atomic E-state index is 13.5. The van der Waals surface area contributed by atoms with Crippen molar-refractivity contribution in [3.63, 3.8) is 0 Å². The monoisotopic (exact) mass is 1040 g/mol. The summed E-state index contributed by atoms with van der Waals surface area (Å²) in [5.41, 5.74) is 34.9. The maximum atomic E-state index is 13.5. The molecule has 0 aliphatic carbocycles. The van der Waals surface area contributed by atoms with Crippen molar-refractivity contribution < 1.29 is 55.4 Å². The first kappa shape index (κ1) is 61.9. The van der Waals surface area contributed by atoms with Crippen LogP contribution in [0.1, 0.15) is 133 Å². The number of carbonyl (C=O) groups is 7. The van der Waals surface area contributed by atoms with Gasteiger partial charge in [0.25, 0.3) is 0 Å². The number of allylic oxidation sites excluding steroid dienone is 6. The molecule has 8 bridgehead atoms. The van der Waals surface area contributed by atoms with E-state index in [2.05, 4.69) is 23.8 Å². The van der Waals surface area contributed by atoms with Crippen molar-refractivity contribution in [1.82, 2.24) is 10.6 Å². The average molecular weight is 1050 g/mol. The molecule has 0 saturated carbocycles. The van der Waals surface area contributed by atoms with Gasteiger partial charge in [0.05, 0.1) is 17.7 Å². The summed E-state index contributed by atoms with van der Waals surface area (Å²) >= 11 is 0. The summed E-state index contributed by atoms with van der Waals surface area (Å²) in [6.07, 6.45) is 1.23. The van der Waals surface area contributed by atoms with Crippen LogP contribution in [0.25, 0.3) is 0 Å². The Labute approximate surface area is 432 Å².